The Morgan fingerprint density at radius 2 is 2.25 bits per heavy atom. The van der Waals surface area contributed by atoms with Gasteiger partial charge in [0.2, 0.25) is 6.29 Å². The minimum atomic E-state index is -0.339. The number of cyclic esters (lactones) is 1. The van der Waals surface area contributed by atoms with Crippen LogP contribution in [0, 0.1) is 0 Å². The molecule has 0 spiro atoms. The molecular formula is C9H12O3. The Balaban J connectivity index is 2.19. The van der Waals surface area contributed by atoms with Gasteiger partial charge in [-0.05, 0) is 12.8 Å². The molecule has 1 heterocycles. The van der Waals surface area contributed by atoms with E-state index in [2.05, 4.69) is 0 Å². The van der Waals surface area contributed by atoms with E-state index in [4.69, 9.17) is 9.47 Å². The van der Waals surface area contributed by atoms with Gasteiger partial charge in [-0.25, -0.2) is 4.79 Å². The molecule has 0 aromatic heterocycles. The smallest absolute Gasteiger partial charge is 0.340 e. The lowest BCUT2D eigenvalue weighted by atomic mass is 10.2. The van der Waals surface area contributed by atoms with Crippen LogP contribution < -0.4 is 0 Å². The first-order valence-corrected chi connectivity index (χ1v) is 4.41. The topological polar surface area (TPSA) is 35.5 Å². The fraction of sp³-hybridized carbons (Fsp3) is 0.667. The summed E-state index contributed by atoms with van der Waals surface area (Å²) < 4.78 is 10.5. The maximum Gasteiger partial charge on any atom is 0.340 e. The molecule has 0 aromatic rings. The molecular weight excluding hydrogens is 156 g/mol. The molecule has 0 saturated carbocycles. The van der Waals surface area contributed by atoms with Crippen LogP contribution in [-0.4, -0.2) is 12.3 Å². The monoisotopic (exact) mass is 168 g/mol. The first-order valence-electron chi connectivity index (χ1n) is 4.41. The third-order valence-corrected chi connectivity index (χ3v) is 2.26. The summed E-state index contributed by atoms with van der Waals surface area (Å²) in [6, 6.07) is 0. The molecule has 1 unspecified atom stereocenters. The van der Waals surface area contributed by atoms with Crippen molar-refractivity contribution in [2.75, 3.05) is 0 Å². The first-order chi connectivity index (χ1) is 5.81. The average Bonchev–Trinajstić information content (AvgIpc) is 2.52. The second-order valence-corrected chi connectivity index (χ2v) is 3.12. The van der Waals surface area contributed by atoms with Crippen molar-refractivity contribution in [2.45, 2.75) is 38.9 Å². The summed E-state index contributed by atoms with van der Waals surface area (Å²) in [4.78, 5) is 11.3. The normalized spacial score (nSPS) is 28.1. The van der Waals surface area contributed by atoms with E-state index in [0.29, 0.717) is 0 Å². The van der Waals surface area contributed by atoms with E-state index >= 15 is 0 Å². The highest BCUT2D eigenvalue weighted by Gasteiger charge is 2.31. The molecule has 0 amide bonds. The average molecular weight is 168 g/mol. The Morgan fingerprint density at radius 1 is 1.42 bits per heavy atom. The standard InChI is InChI=1S/C9H12O3/c1-2-8-11-7-5-3-4-6(7)9(10)12-8/h8H,2-5H2,1H3. The largest absolute Gasteiger partial charge is 0.459 e. The predicted molar refractivity (Wildman–Crippen MR) is 42.1 cm³/mol. The maximum atomic E-state index is 11.3. The van der Waals surface area contributed by atoms with Gasteiger partial charge in [-0.3, -0.25) is 0 Å². The predicted octanol–water partition coefficient (Wildman–Crippen LogP) is 1.73. The highest BCUT2D eigenvalue weighted by molar-refractivity contribution is 5.90. The zero-order chi connectivity index (χ0) is 8.55. The highest BCUT2D eigenvalue weighted by Crippen LogP contribution is 2.33. The van der Waals surface area contributed by atoms with Gasteiger partial charge in [-0.15, -0.1) is 0 Å². The number of hydrogen-bond donors (Lipinski definition) is 0. The molecule has 0 aromatic carbocycles. The number of carbonyl (C=O) groups excluding carboxylic acids is 1. The molecule has 0 bridgehead atoms. The lowest BCUT2D eigenvalue weighted by Gasteiger charge is -2.23. The van der Waals surface area contributed by atoms with E-state index in [1.54, 1.807) is 0 Å². The van der Waals surface area contributed by atoms with E-state index in [-0.39, 0.29) is 12.3 Å². The van der Waals surface area contributed by atoms with Crippen molar-refractivity contribution < 1.29 is 14.3 Å². The lowest BCUT2D eigenvalue weighted by Crippen LogP contribution is -2.26. The van der Waals surface area contributed by atoms with Crippen LogP contribution in [0.3, 0.4) is 0 Å². The Hall–Kier alpha value is -0.990. The van der Waals surface area contributed by atoms with Crippen molar-refractivity contribution in [2.24, 2.45) is 0 Å². The van der Waals surface area contributed by atoms with Gasteiger partial charge in [-0.2, -0.15) is 0 Å². The zero-order valence-corrected chi connectivity index (χ0v) is 7.13. The molecule has 2 rings (SSSR count). The molecule has 0 fully saturated rings. The minimum Gasteiger partial charge on any atom is -0.459 e. The molecule has 1 aliphatic carbocycles. The molecule has 0 saturated heterocycles. The molecule has 12 heavy (non-hydrogen) atoms. The molecule has 1 atom stereocenters. The second kappa shape index (κ2) is 2.81. The van der Waals surface area contributed by atoms with Gasteiger partial charge in [0.1, 0.15) is 5.76 Å². The van der Waals surface area contributed by atoms with Crippen LogP contribution >= 0.6 is 0 Å². The quantitative estimate of drug-likeness (QED) is 0.559. The van der Waals surface area contributed by atoms with E-state index in [1.165, 1.54) is 0 Å². The number of esters is 1. The number of carbonyl (C=O) groups is 1. The van der Waals surface area contributed by atoms with Crippen molar-refractivity contribution >= 4 is 5.97 Å². The van der Waals surface area contributed by atoms with E-state index in [9.17, 15) is 4.79 Å². The molecule has 2 aliphatic rings. The summed E-state index contributed by atoms with van der Waals surface area (Å²) in [5.74, 6) is 0.707. The van der Waals surface area contributed by atoms with Gasteiger partial charge in [0.25, 0.3) is 0 Å². The van der Waals surface area contributed by atoms with Crippen LogP contribution in [-0.2, 0) is 14.3 Å². The van der Waals surface area contributed by atoms with Gasteiger partial charge in [0, 0.05) is 12.8 Å². The van der Waals surface area contributed by atoms with Crippen LogP contribution in [0.4, 0.5) is 0 Å². The summed E-state index contributed by atoms with van der Waals surface area (Å²) in [5, 5.41) is 0. The Bertz CT molecular complexity index is 242. The zero-order valence-electron chi connectivity index (χ0n) is 7.13. The maximum absolute atomic E-state index is 11.3. The van der Waals surface area contributed by atoms with Gasteiger partial charge in [0.15, 0.2) is 0 Å². The number of ether oxygens (including phenoxy) is 2. The van der Waals surface area contributed by atoms with Crippen molar-refractivity contribution in [3.8, 4) is 0 Å². The third kappa shape index (κ3) is 1.09. The summed E-state index contributed by atoms with van der Waals surface area (Å²) in [6.07, 6.45) is 3.14. The molecule has 3 heteroatoms. The second-order valence-electron chi connectivity index (χ2n) is 3.12. The van der Waals surface area contributed by atoms with Crippen LogP contribution in [0.5, 0.6) is 0 Å². The molecule has 0 N–H and O–H groups in total. The van der Waals surface area contributed by atoms with Crippen molar-refractivity contribution in [3.63, 3.8) is 0 Å². The molecule has 0 radical (unpaired) electrons. The van der Waals surface area contributed by atoms with Crippen LogP contribution in [0.25, 0.3) is 0 Å². The Kier molecular flexibility index (Phi) is 1.79. The molecule has 1 aliphatic heterocycles. The number of hydrogen-bond acceptors (Lipinski definition) is 3. The Labute approximate surface area is 71.3 Å². The molecule has 3 nitrogen and oxygen atoms in total. The van der Waals surface area contributed by atoms with E-state index < -0.39 is 0 Å². The van der Waals surface area contributed by atoms with Gasteiger partial charge in [-0.1, -0.05) is 6.92 Å². The number of allylic oxidation sites excluding steroid dienone is 1. The van der Waals surface area contributed by atoms with Crippen LogP contribution in [0.15, 0.2) is 11.3 Å². The highest BCUT2D eigenvalue weighted by atomic mass is 16.7. The first kappa shape index (κ1) is 7.65. The Morgan fingerprint density at radius 3 is 3.00 bits per heavy atom. The van der Waals surface area contributed by atoms with Crippen LogP contribution in [0.2, 0.25) is 0 Å². The summed E-state index contributed by atoms with van der Waals surface area (Å²) in [5.41, 5.74) is 0.764. The van der Waals surface area contributed by atoms with Crippen molar-refractivity contribution in [1.29, 1.82) is 0 Å². The van der Waals surface area contributed by atoms with Crippen molar-refractivity contribution in [3.05, 3.63) is 11.3 Å². The summed E-state index contributed by atoms with van der Waals surface area (Å²) in [7, 11) is 0. The van der Waals surface area contributed by atoms with Crippen LogP contribution in [0.1, 0.15) is 32.6 Å². The fourth-order valence-corrected chi connectivity index (χ4v) is 1.60. The fourth-order valence-electron chi connectivity index (χ4n) is 1.60. The van der Waals surface area contributed by atoms with E-state index in [1.807, 2.05) is 6.92 Å². The SMILES string of the molecule is CCC1OC(=O)C2=C(CCC2)O1. The third-order valence-electron chi connectivity index (χ3n) is 2.26. The summed E-state index contributed by atoms with van der Waals surface area (Å²) >= 11 is 0. The molecule has 66 valence electrons. The van der Waals surface area contributed by atoms with Gasteiger partial charge in [0.05, 0.1) is 5.57 Å². The van der Waals surface area contributed by atoms with E-state index in [0.717, 1.165) is 37.0 Å². The number of rotatable bonds is 1. The summed E-state index contributed by atoms with van der Waals surface area (Å²) in [6.45, 7) is 1.94. The van der Waals surface area contributed by atoms with Gasteiger partial charge < -0.3 is 9.47 Å². The minimum absolute atomic E-state index is 0.166. The lowest BCUT2D eigenvalue weighted by molar-refractivity contribution is -0.174. The van der Waals surface area contributed by atoms with Crippen molar-refractivity contribution in [1.82, 2.24) is 0 Å². The van der Waals surface area contributed by atoms with Gasteiger partial charge >= 0.3 is 5.97 Å².